The molecule has 2 aromatic heterocycles. The van der Waals surface area contributed by atoms with Crippen molar-refractivity contribution in [1.29, 1.82) is 0 Å². The van der Waals surface area contributed by atoms with Crippen LogP contribution in [-0.4, -0.2) is 37.3 Å². The van der Waals surface area contributed by atoms with Crippen molar-refractivity contribution in [1.82, 2.24) is 19.7 Å². The van der Waals surface area contributed by atoms with Crippen LogP contribution in [0.1, 0.15) is 26.7 Å². The number of benzene rings is 1. The third kappa shape index (κ3) is 5.66. The standard InChI is InChI=1S/C21H24N6O2S/c1-3-6-18(28)23-16-7-5-8-17(13-16)24-19(29)14-30-21-26-25-20(27(21)4-2)15-9-11-22-12-10-15/h5,7-13H,3-4,6,14H2,1-2H3,(H,23,28)(H,24,29). The quantitative estimate of drug-likeness (QED) is 0.506. The largest absolute Gasteiger partial charge is 0.326 e. The van der Waals surface area contributed by atoms with Crippen molar-refractivity contribution in [3.05, 3.63) is 48.8 Å². The third-order valence-corrected chi connectivity index (χ3v) is 5.18. The van der Waals surface area contributed by atoms with E-state index < -0.39 is 0 Å². The van der Waals surface area contributed by atoms with Crippen LogP contribution in [-0.2, 0) is 16.1 Å². The normalized spacial score (nSPS) is 10.6. The highest BCUT2D eigenvalue weighted by molar-refractivity contribution is 7.99. The second kappa shape index (κ2) is 10.5. The van der Waals surface area contributed by atoms with Crippen molar-refractivity contribution in [2.45, 2.75) is 38.4 Å². The number of rotatable bonds is 9. The molecule has 0 bridgehead atoms. The fraction of sp³-hybridized carbons (Fsp3) is 0.286. The van der Waals surface area contributed by atoms with Gasteiger partial charge in [0.1, 0.15) is 0 Å². The summed E-state index contributed by atoms with van der Waals surface area (Å²) >= 11 is 1.33. The molecule has 0 saturated carbocycles. The zero-order valence-corrected chi connectivity index (χ0v) is 17.8. The lowest BCUT2D eigenvalue weighted by molar-refractivity contribution is -0.116. The maximum absolute atomic E-state index is 12.4. The number of aromatic nitrogens is 4. The Morgan fingerprint density at radius 2 is 1.70 bits per heavy atom. The van der Waals surface area contributed by atoms with Gasteiger partial charge in [-0.3, -0.25) is 14.6 Å². The summed E-state index contributed by atoms with van der Waals surface area (Å²) in [5.74, 6) is 0.743. The van der Waals surface area contributed by atoms with Crippen molar-refractivity contribution < 1.29 is 9.59 Å². The Hall–Kier alpha value is -3.20. The average Bonchev–Trinajstić information content (AvgIpc) is 3.16. The Morgan fingerprint density at radius 3 is 2.37 bits per heavy atom. The van der Waals surface area contributed by atoms with Gasteiger partial charge in [0.15, 0.2) is 11.0 Å². The molecule has 0 aliphatic heterocycles. The fourth-order valence-electron chi connectivity index (χ4n) is 2.85. The Kier molecular flexibility index (Phi) is 7.56. The molecule has 0 spiro atoms. The summed E-state index contributed by atoms with van der Waals surface area (Å²) < 4.78 is 1.97. The molecule has 8 nitrogen and oxygen atoms in total. The van der Waals surface area contributed by atoms with Crippen LogP contribution in [0.4, 0.5) is 11.4 Å². The average molecular weight is 425 g/mol. The van der Waals surface area contributed by atoms with Gasteiger partial charge in [-0.2, -0.15) is 0 Å². The molecule has 0 radical (unpaired) electrons. The number of anilines is 2. The number of nitrogens with one attached hydrogen (secondary N) is 2. The van der Waals surface area contributed by atoms with Gasteiger partial charge in [0, 0.05) is 42.3 Å². The minimum Gasteiger partial charge on any atom is -0.326 e. The van der Waals surface area contributed by atoms with Crippen molar-refractivity contribution in [2.24, 2.45) is 0 Å². The summed E-state index contributed by atoms with van der Waals surface area (Å²) in [6.45, 7) is 4.65. The van der Waals surface area contributed by atoms with Gasteiger partial charge in [-0.15, -0.1) is 10.2 Å². The van der Waals surface area contributed by atoms with Crippen LogP contribution < -0.4 is 10.6 Å². The first-order valence-corrected chi connectivity index (χ1v) is 10.8. The fourth-order valence-corrected chi connectivity index (χ4v) is 3.65. The predicted molar refractivity (Wildman–Crippen MR) is 118 cm³/mol. The van der Waals surface area contributed by atoms with Crippen molar-refractivity contribution in [3.63, 3.8) is 0 Å². The molecule has 156 valence electrons. The molecule has 0 aliphatic rings. The van der Waals surface area contributed by atoms with Gasteiger partial charge in [-0.05, 0) is 43.7 Å². The van der Waals surface area contributed by atoms with Crippen LogP contribution >= 0.6 is 11.8 Å². The second-order valence-electron chi connectivity index (χ2n) is 6.50. The first-order valence-electron chi connectivity index (χ1n) is 9.76. The molecular weight excluding hydrogens is 400 g/mol. The van der Waals surface area contributed by atoms with Crippen LogP contribution in [0, 0.1) is 0 Å². The zero-order chi connectivity index (χ0) is 21.3. The van der Waals surface area contributed by atoms with E-state index in [-0.39, 0.29) is 17.6 Å². The second-order valence-corrected chi connectivity index (χ2v) is 7.44. The molecule has 3 rings (SSSR count). The minimum absolute atomic E-state index is 0.0413. The molecule has 0 fully saturated rings. The van der Waals surface area contributed by atoms with Gasteiger partial charge in [0.05, 0.1) is 5.75 Å². The highest BCUT2D eigenvalue weighted by atomic mass is 32.2. The molecule has 0 atom stereocenters. The van der Waals surface area contributed by atoms with E-state index in [1.807, 2.05) is 30.5 Å². The van der Waals surface area contributed by atoms with Crippen LogP contribution in [0.25, 0.3) is 11.4 Å². The summed E-state index contributed by atoms with van der Waals surface area (Å²) in [4.78, 5) is 28.2. The molecule has 9 heteroatoms. The van der Waals surface area contributed by atoms with Crippen molar-refractivity contribution >= 4 is 35.0 Å². The number of nitrogens with zero attached hydrogens (tertiary/aromatic N) is 4. The van der Waals surface area contributed by atoms with E-state index in [0.29, 0.717) is 29.5 Å². The van der Waals surface area contributed by atoms with Crippen LogP contribution in [0.2, 0.25) is 0 Å². The number of hydrogen-bond donors (Lipinski definition) is 2. The molecule has 2 amide bonds. The van der Waals surface area contributed by atoms with Crippen LogP contribution in [0.15, 0.2) is 53.9 Å². The maximum atomic E-state index is 12.4. The zero-order valence-electron chi connectivity index (χ0n) is 17.0. The van der Waals surface area contributed by atoms with E-state index in [4.69, 9.17) is 0 Å². The summed E-state index contributed by atoms with van der Waals surface area (Å²) in [5, 5.41) is 14.9. The Labute approximate surface area is 179 Å². The summed E-state index contributed by atoms with van der Waals surface area (Å²) in [6.07, 6.45) is 4.67. The summed E-state index contributed by atoms with van der Waals surface area (Å²) in [6, 6.07) is 10.9. The topological polar surface area (TPSA) is 102 Å². The van der Waals surface area contributed by atoms with E-state index >= 15 is 0 Å². The number of hydrogen-bond acceptors (Lipinski definition) is 6. The van der Waals surface area contributed by atoms with Gasteiger partial charge >= 0.3 is 0 Å². The highest BCUT2D eigenvalue weighted by Crippen LogP contribution is 2.24. The molecule has 0 aliphatic carbocycles. The molecule has 0 saturated heterocycles. The van der Waals surface area contributed by atoms with Crippen LogP contribution in [0.5, 0.6) is 0 Å². The monoisotopic (exact) mass is 424 g/mol. The number of amides is 2. The number of carbonyl (C=O) groups excluding carboxylic acids is 2. The lowest BCUT2D eigenvalue weighted by atomic mass is 10.2. The van der Waals surface area contributed by atoms with Crippen molar-refractivity contribution in [3.8, 4) is 11.4 Å². The molecule has 30 heavy (non-hydrogen) atoms. The molecule has 1 aromatic carbocycles. The Balaban J connectivity index is 1.60. The van der Waals surface area contributed by atoms with E-state index in [1.54, 1.807) is 36.7 Å². The lowest BCUT2D eigenvalue weighted by Gasteiger charge is -2.09. The van der Waals surface area contributed by atoms with Crippen molar-refractivity contribution in [2.75, 3.05) is 16.4 Å². The SMILES string of the molecule is CCCC(=O)Nc1cccc(NC(=O)CSc2nnc(-c3ccncc3)n2CC)c1. The Morgan fingerprint density at radius 1 is 1.00 bits per heavy atom. The lowest BCUT2D eigenvalue weighted by Crippen LogP contribution is -2.15. The predicted octanol–water partition coefficient (Wildman–Crippen LogP) is 3.83. The molecule has 0 unspecified atom stereocenters. The van der Waals surface area contributed by atoms with E-state index in [1.165, 1.54) is 11.8 Å². The van der Waals surface area contributed by atoms with E-state index in [9.17, 15) is 9.59 Å². The molecular formula is C21H24N6O2S. The smallest absolute Gasteiger partial charge is 0.234 e. The number of carbonyl (C=O) groups is 2. The Bertz CT molecular complexity index is 1010. The number of thioether (sulfide) groups is 1. The third-order valence-electron chi connectivity index (χ3n) is 4.21. The number of pyridine rings is 1. The van der Waals surface area contributed by atoms with Gasteiger partial charge in [0.25, 0.3) is 0 Å². The molecule has 2 N–H and O–H groups in total. The van der Waals surface area contributed by atoms with Gasteiger partial charge in [-0.25, -0.2) is 0 Å². The highest BCUT2D eigenvalue weighted by Gasteiger charge is 2.14. The first kappa shape index (κ1) is 21.5. The van der Waals surface area contributed by atoms with Crippen LogP contribution in [0.3, 0.4) is 0 Å². The minimum atomic E-state index is -0.159. The first-order chi connectivity index (χ1) is 14.6. The molecule has 3 aromatic rings. The maximum Gasteiger partial charge on any atom is 0.234 e. The molecule has 2 heterocycles. The van der Waals surface area contributed by atoms with E-state index in [0.717, 1.165) is 17.8 Å². The van der Waals surface area contributed by atoms with Gasteiger partial charge in [-0.1, -0.05) is 24.8 Å². The van der Waals surface area contributed by atoms with E-state index in [2.05, 4.69) is 25.8 Å². The summed E-state index contributed by atoms with van der Waals surface area (Å²) in [5.41, 5.74) is 2.22. The van der Waals surface area contributed by atoms with Gasteiger partial charge < -0.3 is 15.2 Å². The summed E-state index contributed by atoms with van der Waals surface area (Å²) in [7, 11) is 0. The van der Waals surface area contributed by atoms with Gasteiger partial charge in [0.2, 0.25) is 11.8 Å².